The molecule has 2 nitrogen and oxygen atoms in total. The third-order valence-electron chi connectivity index (χ3n) is 8.42. The van der Waals surface area contributed by atoms with Gasteiger partial charge < -0.3 is 10.6 Å². The molecule has 0 saturated carbocycles. The van der Waals surface area contributed by atoms with Crippen molar-refractivity contribution in [3.8, 4) is 0 Å². The Morgan fingerprint density at radius 1 is 0.769 bits per heavy atom. The van der Waals surface area contributed by atoms with Gasteiger partial charge in [0.2, 0.25) is 0 Å². The second-order valence-corrected chi connectivity index (χ2v) is 12.6. The van der Waals surface area contributed by atoms with Gasteiger partial charge in [-0.15, -0.1) is 0 Å². The predicted molar refractivity (Wildman–Crippen MR) is 164 cm³/mol. The maximum absolute atomic E-state index is 3.57. The number of benzene rings is 3. The zero-order valence-corrected chi connectivity index (χ0v) is 23.2. The van der Waals surface area contributed by atoms with Gasteiger partial charge in [-0.3, -0.25) is 0 Å². The Morgan fingerprint density at radius 3 is 2.31 bits per heavy atom. The van der Waals surface area contributed by atoms with Crippen LogP contribution in [0.25, 0.3) is 5.70 Å². The molecule has 0 atom stereocenters. The van der Waals surface area contributed by atoms with Crippen LogP contribution in [0.4, 0.5) is 0 Å². The summed E-state index contributed by atoms with van der Waals surface area (Å²) < 4.78 is 0. The third kappa shape index (κ3) is 3.58. The molecule has 4 aliphatic heterocycles. The summed E-state index contributed by atoms with van der Waals surface area (Å²) in [7, 11) is 0. The molecule has 0 unspecified atom stereocenters. The molecule has 1 spiro atoms. The van der Waals surface area contributed by atoms with E-state index in [1.807, 2.05) is 23.5 Å². The molecular weight excluding hydrogens is 513 g/mol. The Bertz CT molecular complexity index is 1670. The SMILES string of the molecule is C1=CCNC(c2ccc3c(c2)SC2=C(CCC(C4=CCNC=C4)=C2)C32c3ccccc3Sc3ccccc32)=C1. The van der Waals surface area contributed by atoms with Crippen LogP contribution in [0.5, 0.6) is 0 Å². The molecule has 0 bridgehead atoms. The van der Waals surface area contributed by atoms with Crippen LogP contribution in [0.3, 0.4) is 0 Å². The average molecular weight is 541 g/mol. The first-order chi connectivity index (χ1) is 19.3. The van der Waals surface area contributed by atoms with E-state index in [0.717, 1.165) is 25.9 Å². The quantitative estimate of drug-likeness (QED) is 0.343. The number of dihydropyridines is 2. The molecule has 0 fully saturated rings. The van der Waals surface area contributed by atoms with E-state index in [9.17, 15) is 0 Å². The molecule has 0 amide bonds. The number of fused-ring (bicyclic) bond motifs is 7. The van der Waals surface area contributed by atoms with Gasteiger partial charge >= 0.3 is 0 Å². The van der Waals surface area contributed by atoms with Crippen LogP contribution in [0.1, 0.15) is 35.1 Å². The Balaban J connectivity index is 1.42. The number of allylic oxidation sites excluding steroid dienone is 7. The fourth-order valence-electron chi connectivity index (χ4n) is 6.72. The molecule has 1 aliphatic carbocycles. The number of thioether (sulfide) groups is 1. The lowest BCUT2D eigenvalue weighted by Crippen LogP contribution is -2.38. The van der Waals surface area contributed by atoms with Crippen molar-refractivity contribution < 1.29 is 0 Å². The molecule has 190 valence electrons. The predicted octanol–water partition coefficient (Wildman–Crippen LogP) is 8.11. The van der Waals surface area contributed by atoms with Gasteiger partial charge in [0.15, 0.2) is 0 Å². The first-order valence-corrected chi connectivity index (χ1v) is 15.3. The highest BCUT2D eigenvalue weighted by molar-refractivity contribution is 8.03. The fraction of sp³-hybridized carbons (Fsp3) is 0.143. The summed E-state index contributed by atoms with van der Waals surface area (Å²) in [6, 6.07) is 25.4. The van der Waals surface area contributed by atoms with Gasteiger partial charge in [0, 0.05) is 38.4 Å². The number of hydrogen-bond acceptors (Lipinski definition) is 4. The average Bonchev–Trinajstić information content (AvgIpc) is 3.01. The number of nitrogens with one attached hydrogen (secondary N) is 2. The zero-order chi connectivity index (χ0) is 25.8. The summed E-state index contributed by atoms with van der Waals surface area (Å²) in [5, 5.41) is 6.88. The van der Waals surface area contributed by atoms with E-state index < -0.39 is 0 Å². The first-order valence-electron chi connectivity index (χ1n) is 13.7. The minimum Gasteiger partial charge on any atom is -0.387 e. The van der Waals surface area contributed by atoms with Crippen molar-refractivity contribution in [1.82, 2.24) is 10.6 Å². The first kappa shape index (κ1) is 23.3. The van der Waals surface area contributed by atoms with Crippen molar-refractivity contribution in [3.05, 3.63) is 153 Å². The standard InChI is InChI=1S/C35H28N2S2/c1-3-10-31-26(7-1)35(27-8-2-4-11-32(27)38-31)28-14-12-24(23-16-19-36-20-17-23)21-33(28)39-34-22-25(13-15-29(34)35)30-9-5-6-18-37-30/h1-11,13,15-17,19,21-22,36-37H,12,14,18,20H2. The summed E-state index contributed by atoms with van der Waals surface area (Å²) in [4.78, 5) is 5.50. The number of hydrogen-bond donors (Lipinski definition) is 2. The van der Waals surface area contributed by atoms with Crippen molar-refractivity contribution in [2.45, 2.75) is 32.9 Å². The zero-order valence-electron chi connectivity index (χ0n) is 21.5. The number of rotatable bonds is 2. The molecule has 0 aromatic heterocycles. The van der Waals surface area contributed by atoms with E-state index in [2.05, 4.69) is 120 Å². The van der Waals surface area contributed by atoms with E-state index in [4.69, 9.17) is 0 Å². The lowest BCUT2D eigenvalue weighted by molar-refractivity contribution is 0.625. The highest BCUT2D eigenvalue weighted by Gasteiger charge is 2.50. The summed E-state index contributed by atoms with van der Waals surface area (Å²) >= 11 is 3.88. The van der Waals surface area contributed by atoms with Crippen LogP contribution in [0.2, 0.25) is 0 Å². The highest BCUT2D eigenvalue weighted by Crippen LogP contribution is 2.63. The van der Waals surface area contributed by atoms with Crippen molar-refractivity contribution in [3.63, 3.8) is 0 Å². The summed E-state index contributed by atoms with van der Waals surface area (Å²) in [6.45, 7) is 1.77. The van der Waals surface area contributed by atoms with E-state index in [1.54, 1.807) is 5.57 Å². The smallest absolute Gasteiger partial charge is 0.0708 e. The van der Waals surface area contributed by atoms with Gasteiger partial charge in [0.25, 0.3) is 0 Å². The lowest BCUT2D eigenvalue weighted by Gasteiger charge is -2.48. The van der Waals surface area contributed by atoms with Crippen LogP contribution in [0.15, 0.2) is 146 Å². The Morgan fingerprint density at radius 2 is 1.56 bits per heavy atom. The summed E-state index contributed by atoms with van der Waals surface area (Å²) in [5.74, 6) is 0. The summed E-state index contributed by atoms with van der Waals surface area (Å²) in [5.41, 5.74) is 10.8. The molecule has 0 radical (unpaired) electrons. The van der Waals surface area contributed by atoms with Crippen molar-refractivity contribution in [2.24, 2.45) is 0 Å². The highest BCUT2D eigenvalue weighted by atomic mass is 32.2. The minimum absolute atomic E-state index is 0.290. The molecule has 4 heterocycles. The van der Waals surface area contributed by atoms with E-state index in [1.165, 1.54) is 58.7 Å². The normalized spacial score (nSPS) is 19.9. The van der Waals surface area contributed by atoms with Gasteiger partial charge in [-0.2, -0.15) is 0 Å². The summed E-state index contributed by atoms with van der Waals surface area (Å²) in [6.07, 6.45) is 17.8. The lowest BCUT2D eigenvalue weighted by atomic mass is 9.62. The van der Waals surface area contributed by atoms with Gasteiger partial charge in [0.1, 0.15) is 0 Å². The van der Waals surface area contributed by atoms with Crippen molar-refractivity contribution in [2.75, 3.05) is 13.1 Å². The van der Waals surface area contributed by atoms with E-state index >= 15 is 0 Å². The molecule has 3 aromatic rings. The molecule has 0 saturated heterocycles. The van der Waals surface area contributed by atoms with E-state index in [-0.39, 0.29) is 5.41 Å². The largest absolute Gasteiger partial charge is 0.387 e. The van der Waals surface area contributed by atoms with Gasteiger partial charge in [-0.1, -0.05) is 90.3 Å². The Labute approximate surface area is 238 Å². The molecule has 4 heteroatoms. The Kier molecular flexibility index (Phi) is 5.53. The maximum atomic E-state index is 3.57. The van der Waals surface area contributed by atoms with Crippen LogP contribution in [0, 0.1) is 0 Å². The van der Waals surface area contributed by atoms with Gasteiger partial charge in [-0.25, -0.2) is 0 Å². The Hall–Kier alpha value is -3.60. The minimum atomic E-state index is -0.290. The topological polar surface area (TPSA) is 24.1 Å². The van der Waals surface area contributed by atoms with Crippen LogP contribution >= 0.6 is 23.5 Å². The van der Waals surface area contributed by atoms with Crippen molar-refractivity contribution in [1.29, 1.82) is 0 Å². The molecule has 5 aliphatic rings. The second-order valence-electron chi connectivity index (χ2n) is 10.5. The van der Waals surface area contributed by atoms with Gasteiger partial charge in [-0.05, 0) is 94.4 Å². The van der Waals surface area contributed by atoms with Crippen molar-refractivity contribution >= 4 is 29.2 Å². The van der Waals surface area contributed by atoms with Gasteiger partial charge in [0.05, 0.1) is 5.41 Å². The third-order valence-corrected chi connectivity index (χ3v) is 10.7. The van der Waals surface area contributed by atoms with Crippen LogP contribution in [-0.4, -0.2) is 13.1 Å². The molecule has 39 heavy (non-hydrogen) atoms. The molecular formula is C35H28N2S2. The molecule has 2 N–H and O–H groups in total. The monoisotopic (exact) mass is 540 g/mol. The van der Waals surface area contributed by atoms with Crippen LogP contribution < -0.4 is 10.6 Å². The maximum Gasteiger partial charge on any atom is 0.0708 e. The fourth-order valence-corrected chi connectivity index (χ4v) is 9.24. The molecule has 8 rings (SSSR count). The second kappa shape index (κ2) is 9.25. The van der Waals surface area contributed by atoms with Crippen LogP contribution in [-0.2, 0) is 5.41 Å². The van der Waals surface area contributed by atoms with E-state index in [0.29, 0.717) is 0 Å². The molecule has 3 aromatic carbocycles.